The monoisotopic (exact) mass is 465 g/mol. The Hall–Kier alpha value is -3.55. The highest BCUT2D eigenvalue weighted by Gasteiger charge is 2.27. The van der Waals surface area contributed by atoms with Gasteiger partial charge in [0.05, 0.1) is 27.4 Å². The number of rotatable bonds is 8. The molecule has 2 aromatic carbocycles. The van der Waals surface area contributed by atoms with Crippen LogP contribution >= 0.6 is 0 Å². The summed E-state index contributed by atoms with van der Waals surface area (Å²) in [4.78, 5) is 19.7. The number of hydrogen-bond donors (Lipinski definition) is 0. The van der Waals surface area contributed by atoms with E-state index in [9.17, 15) is 4.79 Å². The molecule has 0 radical (unpaired) electrons. The first kappa shape index (κ1) is 23.6. The van der Waals surface area contributed by atoms with Crippen LogP contribution in [0.3, 0.4) is 0 Å². The fourth-order valence-electron chi connectivity index (χ4n) is 4.39. The van der Waals surface area contributed by atoms with Gasteiger partial charge in [-0.2, -0.15) is 4.98 Å². The number of carbonyl (C=O) groups excluding carboxylic acids is 1. The van der Waals surface area contributed by atoms with Crippen LogP contribution in [0.4, 0.5) is 0 Å². The Balaban J connectivity index is 1.43. The third-order valence-electron chi connectivity index (χ3n) is 6.24. The molecule has 1 fully saturated rings. The first-order valence-electron chi connectivity index (χ1n) is 11.6. The first-order valence-corrected chi connectivity index (χ1v) is 11.6. The number of aromatic nitrogens is 2. The summed E-state index contributed by atoms with van der Waals surface area (Å²) in [7, 11) is 4.83. The van der Waals surface area contributed by atoms with Crippen LogP contribution in [-0.4, -0.2) is 48.8 Å². The Morgan fingerprint density at radius 3 is 2.53 bits per heavy atom. The second-order valence-electron chi connectivity index (χ2n) is 8.31. The zero-order valence-corrected chi connectivity index (χ0v) is 20.0. The standard InChI is InChI=1S/C26H31N3O5/c1-31-20-11-8-18(9-12-20)21-7-5-4-6-16-29(21)25(30)15-14-24-27-26(28-34-24)19-10-13-22(32-2)23(17-19)33-3/h8-13,17,21H,4-7,14-16H2,1-3H3. The molecule has 1 unspecified atom stereocenters. The second-order valence-corrected chi connectivity index (χ2v) is 8.31. The van der Waals surface area contributed by atoms with Crippen LogP contribution in [-0.2, 0) is 11.2 Å². The van der Waals surface area contributed by atoms with Gasteiger partial charge in [0.15, 0.2) is 11.5 Å². The molecule has 8 heteroatoms. The summed E-state index contributed by atoms with van der Waals surface area (Å²) in [5, 5.41) is 4.08. The van der Waals surface area contributed by atoms with E-state index in [1.54, 1.807) is 33.5 Å². The molecule has 0 bridgehead atoms. The summed E-state index contributed by atoms with van der Waals surface area (Å²) in [5.41, 5.74) is 1.90. The normalized spacial score (nSPS) is 16.1. The van der Waals surface area contributed by atoms with Gasteiger partial charge >= 0.3 is 0 Å². The number of methoxy groups -OCH3 is 3. The summed E-state index contributed by atoms with van der Waals surface area (Å²) < 4.78 is 21.3. The molecule has 0 saturated carbocycles. The van der Waals surface area contributed by atoms with Crippen LogP contribution in [0.15, 0.2) is 47.0 Å². The Kier molecular flexibility index (Phi) is 7.67. The largest absolute Gasteiger partial charge is 0.497 e. The van der Waals surface area contributed by atoms with Gasteiger partial charge in [0.1, 0.15) is 5.75 Å². The van der Waals surface area contributed by atoms with Gasteiger partial charge in [0, 0.05) is 24.9 Å². The molecule has 1 amide bonds. The molecule has 1 aromatic heterocycles. The van der Waals surface area contributed by atoms with E-state index in [1.807, 2.05) is 23.1 Å². The molecular weight excluding hydrogens is 434 g/mol. The van der Waals surface area contributed by atoms with Crippen molar-refractivity contribution in [2.24, 2.45) is 0 Å². The molecule has 3 aromatic rings. The van der Waals surface area contributed by atoms with E-state index >= 15 is 0 Å². The molecule has 8 nitrogen and oxygen atoms in total. The van der Waals surface area contributed by atoms with Crippen molar-refractivity contribution in [2.75, 3.05) is 27.9 Å². The molecular formula is C26H31N3O5. The molecule has 4 rings (SSSR count). The number of likely N-dealkylation sites (tertiary alicyclic amines) is 1. The molecule has 180 valence electrons. The zero-order valence-electron chi connectivity index (χ0n) is 20.0. The van der Waals surface area contributed by atoms with Gasteiger partial charge < -0.3 is 23.6 Å². The van der Waals surface area contributed by atoms with E-state index in [2.05, 4.69) is 22.3 Å². The van der Waals surface area contributed by atoms with Gasteiger partial charge in [0.25, 0.3) is 0 Å². The molecule has 1 saturated heterocycles. The Morgan fingerprint density at radius 2 is 1.79 bits per heavy atom. The highest BCUT2D eigenvalue weighted by molar-refractivity contribution is 5.77. The molecule has 2 heterocycles. The first-order chi connectivity index (χ1) is 16.6. The average Bonchev–Trinajstić information content (AvgIpc) is 3.22. The Morgan fingerprint density at radius 1 is 1.00 bits per heavy atom. The maximum atomic E-state index is 13.2. The van der Waals surface area contributed by atoms with E-state index in [4.69, 9.17) is 18.7 Å². The van der Waals surface area contributed by atoms with Crippen molar-refractivity contribution in [2.45, 2.75) is 44.6 Å². The quantitative estimate of drug-likeness (QED) is 0.470. The van der Waals surface area contributed by atoms with Gasteiger partial charge in [-0.15, -0.1) is 0 Å². The van der Waals surface area contributed by atoms with Gasteiger partial charge in [-0.05, 0) is 48.7 Å². The van der Waals surface area contributed by atoms with Crippen LogP contribution < -0.4 is 14.2 Å². The van der Waals surface area contributed by atoms with Crippen LogP contribution in [0.25, 0.3) is 11.4 Å². The molecule has 0 N–H and O–H groups in total. The molecule has 1 aliphatic heterocycles. The number of carbonyl (C=O) groups is 1. The van der Waals surface area contributed by atoms with Crippen LogP contribution in [0.1, 0.15) is 49.6 Å². The number of hydrogen-bond acceptors (Lipinski definition) is 7. The fourth-order valence-corrected chi connectivity index (χ4v) is 4.39. The summed E-state index contributed by atoms with van der Waals surface area (Å²) in [6.07, 6.45) is 4.93. The SMILES string of the molecule is COc1ccc(C2CCCCCN2C(=O)CCc2nc(-c3ccc(OC)c(OC)c3)no2)cc1. The average molecular weight is 466 g/mol. The van der Waals surface area contributed by atoms with Crippen molar-refractivity contribution in [1.29, 1.82) is 0 Å². The molecule has 0 aliphatic carbocycles. The van der Waals surface area contributed by atoms with Gasteiger partial charge in [-0.25, -0.2) is 0 Å². The smallest absolute Gasteiger partial charge is 0.227 e. The lowest BCUT2D eigenvalue weighted by Gasteiger charge is -2.30. The highest BCUT2D eigenvalue weighted by atomic mass is 16.5. The zero-order chi connectivity index (χ0) is 23.9. The minimum Gasteiger partial charge on any atom is -0.497 e. The lowest BCUT2D eigenvalue weighted by Crippen LogP contribution is -2.35. The highest BCUT2D eigenvalue weighted by Crippen LogP contribution is 2.33. The Bertz CT molecular complexity index is 1100. The van der Waals surface area contributed by atoms with Crippen LogP contribution in [0.5, 0.6) is 17.2 Å². The fraction of sp³-hybridized carbons (Fsp3) is 0.423. The van der Waals surface area contributed by atoms with Crippen LogP contribution in [0, 0.1) is 0 Å². The van der Waals surface area contributed by atoms with Gasteiger partial charge in [-0.1, -0.05) is 30.1 Å². The van der Waals surface area contributed by atoms with Crippen molar-refractivity contribution in [1.82, 2.24) is 15.0 Å². The number of amides is 1. The number of ether oxygens (including phenoxy) is 3. The summed E-state index contributed by atoms with van der Waals surface area (Å²) in [6, 6.07) is 13.5. The van der Waals surface area contributed by atoms with E-state index in [0.717, 1.165) is 49.1 Å². The van der Waals surface area contributed by atoms with Crippen LogP contribution in [0.2, 0.25) is 0 Å². The van der Waals surface area contributed by atoms with E-state index in [1.165, 1.54) is 0 Å². The molecule has 34 heavy (non-hydrogen) atoms. The lowest BCUT2D eigenvalue weighted by atomic mass is 10.00. The summed E-state index contributed by atoms with van der Waals surface area (Å²) in [5.74, 6) is 3.03. The van der Waals surface area contributed by atoms with Crippen molar-refractivity contribution in [3.05, 3.63) is 53.9 Å². The van der Waals surface area contributed by atoms with E-state index in [0.29, 0.717) is 36.1 Å². The second kappa shape index (κ2) is 11.0. The Labute approximate surface area is 199 Å². The predicted molar refractivity (Wildman–Crippen MR) is 127 cm³/mol. The topological polar surface area (TPSA) is 86.9 Å². The maximum absolute atomic E-state index is 13.2. The lowest BCUT2D eigenvalue weighted by molar-refractivity contribution is -0.133. The molecule has 1 atom stereocenters. The molecule has 1 aliphatic rings. The van der Waals surface area contributed by atoms with Crippen molar-refractivity contribution >= 4 is 5.91 Å². The maximum Gasteiger partial charge on any atom is 0.227 e. The van der Waals surface area contributed by atoms with Crippen molar-refractivity contribution < 1.29 is 23.5 Å². The third-order valence-corrected chi connectivity index (χ3v) is 6.24. The van der Waals surface area contributed by atoms with E-state index in [-0.39, 0.29) is 11.9 Å². The van der Waals surface area contributed by atoms with Crippen molar-refractivity contribution in [3.63, 3.8) is 0 Å². The minimum absolute atomic E-state index is 0.0749. The van der Waals surface area contributed by atoms with E-state index < -0.39 is 0 Å². The number of aryl methyl sites for hydroxylation is 1. The summed E-state index contributed by atoms with van der Waals surface area (Å²) >= 11 is 0. The summed E-state index contributed by atoms with van der Waals surface area (Å²) in [6.45, 7) is 0.760. The van der Waals surface area contributed by atoms with Gasteiger partial charge in [-0.3, -0.25) is 4.79 Å². The molecule has 0 spiro atoms. The number of nitrogens with zero attached hydrogens (tertiary/aromatic N) is 3. The third kappa shape index (κ3) is 5.32. The number of benzene rings is 2. The predicted octanol–water partition coefficient (Wildman–Crippen LogP) is 4.84. The van der Waals surface area contributed by atoms with Gasteiger partial charge in [0.2, 0.25) is 17.6 Å². The minimum atomic E-state index is 0.0749. The van der Waals surface area contributed by atoms with Crippen molar-refractivity contribution in [3.8, 4) is 28.6 Å².